The molecule has 0 saturated carbocycles. The number of hydrogen-bond acceptors (Lipinski definition) is 7. The summed E-state index contributed by atoms with van der Waals surface area (Å²) in [7, 11) is -3.85. The molecule has 3 rings (SSSR count). The number of rotatable bonds is 4. The number of β-amino-alcohol motifs (C(OH)–C–C–N with tert-alkyl or cyclic N) is 1. The van der Waals surface area contributed by atoms with Gasteiger partial charge in [0.2, 0.25) is 10.0 Å². The van der Waals surface area contributed by atoms with Gasteiger partial charge in [-0.15, -0.1) is 11.3 Å². The molecule has 2 aromatic heterocycles. The van der Waals surface area contributed by atoms with Crippen molar-refractivity contribution in [2.24, 2.45) is 0 Å². The predicted molar refractivity (Wildman–Crippen MR) is 85.3 cm³/mol. The zero-order chi connectivity index (χ0) is 16.8. The summed E-state index contributed by atoms with van der Waals surface area (Å²) >= 11 is 12.7. The van der Waals surface area contributed by atoms with E-state index in [1.807, 2.05) is 6.92 Å². The quantitative estimate of drug-likeness (QED) is 0.849. The first-order valence-electron chi connectivity index (χ1n) is 6.76. The molecule has 0 aromatic carbocycles. The maximum atomic E-state index is 12.7. The highest BCUT2D eigenvalue weighted by atomic mass is 35.5. The van der Waals surface area contributed by atoms with Gasteiger partial charge < -0.3 is 9.63 Å². The summed E-state index contributed by atoms with van der Waals surface area (Å²) in [6, 6.07) is 1.31. The maximum absolute atomic E-state index is 12.7. The summed E-state index contributed by atoms with van der Waals surface area (Å²) in [5, 5.41) is 14.4. The standard InChI is InChI=1S/C12H13Cl2N3O4S2/c1-2-9-15-11(21-16-9)12(18)3-4-17(6-12)23(19,20)7-5-8(13)22-10(7)14/h5,18H,2-4,6H2,1H3. The number of aromatic nitrogens is 2. The van der Waals surface area contributed by atoms with Crippen molar-refractivity contribution in [1.82, 2.24) is 14.4 Å². The van der Waals surface area contributed by atoms with Gasteiger partial charge in [0.25, 0.3) is 5.89 Å². The zero-order valence-electron chi connectivity index (χ0n) is 12.0. The van der Waals surface area contributed by atoms with Crippen molar-refractivity contribution >= 4 is 44.6 Å². The average molecular weight is 398 g/mol. The minimum absolute atomic E-state index is 0.0292. The summed E-state index contributed by atoms with van der Waals surface area (Å²) in [4.78, 5) is 4.04. The number of aliphatic hydroxyl groups is 1. The van der Waals surface area contributed by atoms with Crippen LogP contribution in [0.25, 0.3) is 0 Å². The van der Waals surface area contributed by atoms with Gasteiger partial charge in [-0.25, -0.2) is 8.42 Å². The van der Waals surface area contributed by atoms with Crippen LogP contribution in [0.3, 0.4) is 0 Å². The van der Waals surface area contributed by atoms with Crippen molar-refractivity contribution in [1.29, 1.82) is 0 Å². The second-order valence-electron chi connectivity index (χ2n) is 5.18. The maximum Gasteiger partial charge on any atom is 0.260 e. The number of thiophene rings is 1. The number of nitrogens with zero attached hydrogens (tertiary/aromatic N) is 3. The molecule has 23 heavy (non-hydrogen) atoms. The molecule has 1 aliphatic rings. The van der Waals surface area contributed by atoms with E-state index < -0.39 is 15.6 Å². The topological polar surface area (TPSA) is 96.5 Å². The Morgan fingerprint density at radius 3 is 2.83 bits per heavy atom. The molecule has 0 amide bonds. The van der Waals surface area contributed by atoms with Crippen molar-refractivity contribution in [3.05, 3.63) is 26.5 Å². The minimum atomic E-state index is -3.85. The van der Waals surface area contributed by atoms with Crippen molar-refractivity contribution < 1.29 is 18.0 Å². The lowest BCUT2D eigenvalue weighted by atomic mass is 10.0. The third kappa shape index (κ3) is 3.01. The van der Waals surface area contributed by atoms with Gasteiger partial charge in [0.1, 0.15) is 9.23 Å². The van der Waals surface area contributed by atoms with E-state index in [1.54, 1.807) is 0 Å². The van der Waals surface area contributed by atoms with Crippen LogP contribution in [0.5, 0.6) is 0 Å². The normalized spacial score (nSPS) is 22.8. The first kappa shape index (κ1) is 17.1. The van der Waals surface area contributed by atoms with Gasteiger partial charge in [-0.2, -0.15) is 9.29 Å². The molecule has 1 unspecified atom stereocenters. The summed E-state index contributed by atoms with van der Waals surface area (Å²) in [5.74, 6) is 0.490. The Hall–Kier alpha value is -0.710. The van der Waals surface area contributed by atoms with E-state index in [0.29, 0.717) is 12.2 Å². The monoisotopic (exact) mass is 397 g/mol. The lowest BCUT2D eigenvalue weighted by molar-refractivity contribution is 0.0194. The second kappa shape index (κ2) is 5.98. The van der Waals surface area contributed by atoms with E-state index in [4.69, 9.17) is 27.7 Å². The molecular weight excluding hydrogens is 385 g/mol. The SMILES string of the molecule is CCc1noc(C2(O)CCN(S(=O)(=O)c3cc(Cl)sc3Cl)C2)n1. The highest BCUT2D eigenvalue weighted by molar-refractivity contribution is 7.89. The van der Waals surface area contributed by atoms with E-state index in [2.05, 4.69) is 10.1 Å². The van der Waals surface area contributed by atoms with E-state index >= 15 is 0 Å². The smallest absolute Gasteiger partial charge is 0.260 e. The molecule has 1 N–H and O–H groups in total. The first-order valence-corrected chi connectivity index (χ1v) is 9.78. The Bertz CT molecular complexity index is 835. The Labute approximate surface area is 146 Å². The summed E-state index contributed by atoms with van der Waals surface area (Å²) in [6.07, 6.45) is 0.720. The lowest BCUT2D eigenvalue weighted by Gasteiger charge is -2.19. The van der Waals surface area contributed by atoms with Crippen LogP contribution in [-0.4, -0.2) is 41.1 Å². The molecule has 1 atom stereocenters. The van der Waals surface area contributed by atoms with Crippen LogP contribution >= 0.6 is 34.5 Å². The zero-order valence-corrected chi connectivity index (χ0v) is 15.1. The van der Waals surface area contributed by atoms with Crippen LogP contribution in [0.1, 0.15) is 25.1 Å². The first-order chi connectivity index (χ1) is 10.8. The van der Waals surface area contributed by atoms with Gasteiger partial charge in [-0.05, 0) is 6.07 Å². The Morgan fingerprint density at radius 1 is 1.52 bits per heavy atom. The third-order valence-corrected chi connectivity index (χ3v) is 7.24. The fourth-order valence-electron chi connectivity index (χ4n) is 2.37. The summed E-state index contributed by atoms with van der Waals surface area (Å²) in [5.41, 5.74) is -1.50. The van der Waals surface area contributed by atoms with Crippen molar-refractivity contribution in [2.45, 2.75) is 30.3 Å². The Kier molecular flexibility index (Phi) is 4.45. The van der Waals surface area contributed by atoms with Gasteiger partial charge in [-0.3, -0.25) is 0 Å². The van der Waals surface area contributed by atoms with Crippen LogP contribution in [-0.2, 0) is 22.0 Å². The molecule has 1 saturated heterocycles. The molecule has 3 heterocycles. The largest absolute Gasteiger partial charge is 0.379 e. The van der Waals surface area contributed by atoms with Crippen LogP contribution in [0.15, 0.2) is 15.5 Å². The number of aryl methyl sites for hydroxylation is 1. The molecule has 11 heteroatoms. The van der Waals surface area contributed by atoms with Crippen LogP contribution in [0, 0.1) is 0 Å². The van der Waals surface area contributed by atoms with Crippen molar-refractivity contribution in [3.8, 4) is 0 Å². The van der Waals surface area contributed by atoms with Crippen molar-refractivity contribution in [3.63, 3.8) is 0 Å². The lowest BCUT2D eigenvalue weighted by Crippen LogP contribution is -2.34. The number of sulfonamides is 1. The Morgan fingerprint density at radius 2 is 2.26 bits per heavy atom. The fourth-order valence-corrected chi connectivity index (χ4v) is 5.97. The highest BCUT2D eigenvalue weighted by Gasteiger charge is 2.47. The molecule has 0 bridgehead atoms. The van der Waals surface area contributed by atoms with E-state index in [-0.39, 0.29) is 39.0 Å². The average Bonchev–Trinajstić information content (AvgIpc) is 3.18. The van der Waals surface area contributed by atoms with Gasteiger partial charge in [-0.1, -0.05) is 35.3 Å². The number of halogens is 2. The van der Waals surface area contributed by atoms with Crippen LogP contribution in [0.4, 0.5) is 0 Å². The molecule has 1 fully saturated rings. The highest BCUT2D eigenvalue weighted by Crippen LogP contribution is 2.39. The molecule has 0 spiro atoms. The van der Waals surface area contributed by atoms with Crippen LogP contribution in [0.2, 0.25) is 8.67 Å². The summed E-state index contributed by atoms with van der Waals surface area (Å²) in [6.45, 7) is 1.79. The van der Waals surface area contributed by atoms with Crippen molar-refractivity contribution in [2.75, 3.05) is 13.1 Å². The van der Waals surface area contributed by atoms with Gasteiger partial charge in [0.15, 0.2) is 11.4 Å². The fraction of sp³-hybridized carbons (Fsp3) is 0.500. The minimum Gasteiger partial charge on any atom is -0.379 e. The van der Waals surface area contributed by atoms with Crippen LogP contribution < -0.4 is 0 Å². The number of hydrogen-bond donors (Lipinski definition) is 1. The molecule has 0 radical (unpaired) electrons. The molecule has 2 aromatic rings. The van der Waals surface area contributed by atoms with Gasteiger partial charge in [0.05, 0.1) is 10.9 Å². The predicted octanol–water partition coefficient (Wildman–Crippen LogP) is 2.28. The van der Waals surface area contributed by atoms with E-state index in [9.17, 15) is 13.5 Å². The molecular formula is C12H13Cl2N3O4S2. The van der Waals surface area contributed by atoms with E-state index in [1.165, 1.54) is 6.07 Å². The Balaban J connectivity index is 1.88. The van der Waals surface area contributed by atoms with Gasteiger partial charge >= 0.3 is 0 Å². The third-order valence-electron chi connectivity index (χ3n) is 3.64. The molecule has 126 valence electrons. The van der Waals surface area contributed by atoms with E-state index in [0.717, 1.165) is 15.6 Å². The second-order valence-corrected chi connectivity index (χ2v) is 9.37. The van der Waals surface area contributed by atoms with Gasteiger partial charge in [0, 0.05) is 19.4 Å². The molecule has 1 aliphatic heterocycles. The molecule has 7 nitrogen and oxygen atoms in total. The molecule has 0 aliphatic carbocycles. The summed E-state index contributed by atoms with van der Waals surface area (Å²) < 4.78 is 31.9.